The van der Waals surface area contributed by atoms with Gasteiger partial charge in [0.2, 0.25) is 0 Å². The Morgan fingerprint density at radius 1 is 0.711 bits per heavy atom. The molecule has 0 aliphatic carbocycles. The number of anilines is 1. The van der Waals surface area contributed by atoms with Crippen LogP contribution in [0.2, 0.25) is 0 Å². The summed E-state index contributed by atoms with van der Waals surface area (Å²) in [6.07, 6.45) is 0. The second-order valence-electron chi connectivity index (χ2n) is 7.89. The van der Waals surface area contributed by atoms with Crippen LogP contribution in [0.15, 0.2) is 68.1 Å². The lowest BCUT2D eigenvalue weighted by atomic mass is 10.1. The second-order valence-corrected chi connectivity index (χ2v) is 9.99. The zero-order valence-electron chi connectivity index (χ0n) is 21.8. The van der Waals surface area contributed by atoms with Crippen molar-refractivity contribution in [1.82, 2.24) is 0 Å². The van der Waals surface area contributed by atoms with Crippen LogP contribution in [0.4, 0.5) is 5.69 Å². The number of rotatable bonds is 14. The van der Waals surface area contributed by atoms with E-state index in [1.54, 1.807) is 0 Å². The van der Waals surface area contributed by atoms with E-state index in [4.69, 9.17) is 24.7 Å². The van der Waals surface area contributed by atoms with Crippen molar-refractivity contribution < 1.29 is 18.9 Å². The topological polar surface area (TPSA) is 111 Å². The molecule has 0 aliphatic rings. The molecule has 0 aromatic heterocycles. The molecule has 0 aliphatic heterocycles. The van der Waals surface area contributed by atoms with Gasteiger partial charge in [0.25, 0.3) is 0 Å². The molecule has 0 saturated carbocycles. The maximum atomic E-state index is 10.2. The smallest absolute Gasteiger partial charge is 0.153 e. The third kappa shape index (κ3) is 7.37. The largest absolute Gasteiger partial charge is 0.489 e. The van der Waals surface area contributed by atoms with E-state index in [1.807, 2.05) is 69.3 Å². The SMILES string of the molecule is CCOCCOc1c(C#N)c(C#N)c(OCCOCC)c(Sc2ccccc2N)c1Sc1ccccc1C. The molecule has 3 rings (SSSR count). The highest BCUT2D eigenvalue weighted by molar-refractivity contribution is 8.02. The van der Waals surface area contributed by atoms with Gasteiger partial charge in [-0.2, -0.15) is 10.5 Å². The highest BCUT2D eigenvalue weighted by Crippen LogP contribution is 2.53. The zero-order valence-corrected chi connectivity index (χ0v) is 23.4. The van der Waals surface area contributed by atoms with Gasteiger partial charge in [0.1, 0.15) is 36.5 Å². The summed E-state index contributed by atoms with van der Waals surface area (Å²) in [5.74, 6) is 0.636. The zero-order chi connectivity index (χ0) is 27.3. The van der Waals surface area contributed by atoms with Gasteiger partial charge in [0.15, 0.2) is 11.5 Å². The number of hydrogen-bond acceptors (Lipinski definition) is 9. The van der Waals surface area contributed by atoms with Crippen molar-refractivity contribution in [1.29, 1.82) is 10.5 Å². The van der Waals surface area contributed by atoms with Crippen molar-refractivity contribution in [2.24, 2.45) is 0 Å². The van der Waals surface area contributed by atoms with Gasteiger partial charge in [0.05, 0.1) is 23.0 Å². The van der Waals surface area contributed by atoms with E-state index in [9.17, 15) is 10.5 Å². The molecular weight excluding hydrogens is 518 g/mol. The number of aryl methyl sites for hydroxylation is 1. The first kappa shape index (κ1) is 29.2. The van der Waals surface area contributed by atoms with Gasteiger partial charge in [0, 0.05) is 28.7 Å². The lowest BCUT2D eigenvalue weighted by Gasteiger charge is -2.22. The van der Waals surface area contributed by atoms with Crippen molar-refractivity contribution >= 4 is 29.2 Å². The number of nitrogens with zero attached hydrogens (tertiary/aromatic N) is 2. The molecule has 38 heavy (non-hydrogen) atoms. The molecule has 0 fully saturated rings. The van der Waals surface area contributed by atoms with Crippen LogP contribution in [-0.4, -0.2) is 39.6 Å². The minimum Gasteiger partial charge on any atom is -0.489 e. The molecule has 3 aromatic carbocycles. The normalized spacial score (nSPS) is 10.6. The minimum atomic E-state index is 0.113. The summed E-state index contributed by atoms with van der Waals surface area (Å²) in [4.78, 5) is 3.10. The van der Waals surface area contributed by atoms with E-state index in [0.717, 1.165) is 15.4 Å². The van der Waals surface area contributed by atoms with Gasteiger partial charge in [-0.05, 0) is 44.5 Å². The average molecular weight is 550 g/mol. The van der Waals surface area contributed by atoms with Crippen LogP contribution in [0.5, 0.6) is 11.5 Å². The summed E-state index contributed by atoms with van der Waals surface area (Å²) in [7, 11) is 0. The third-order valence-electron chi connectivity index (χ3n) is 5.34. The Morgan fingerprint density at radius 2 is 1.18 bits per heavy atom. The molecule has 3 aromatic rings. The number of nitrogens with two attached hydrogens (primary N) is 1. The second kappa shape index (κ2) is 15.2. The summed E-state index contributed by atoms with van der Waals surface area (Å²) in [6.45, 7) is 8.03. The maximum absolute atomic E-state index is 10.2. The van der Waals surface area contributed by atoms with Crippen molar-refractivity contribution in [2.45, 2.75) is 40.4 Å². The Labute approximate surface area is 232 Å². The summed E-state index contributed by atoms with van der Waals surface area (Å²) in [5, 5.41) is 20.4. The van der Waals surface area contributed by atoms with Crippen molar-refractivity contribution in [3.05, 3.63) is 65.2 Å². The number of para-hydroxylation sites is 1. The Morgan fingerprint density at radius 3 is 1.66 bits per heavy atom. The molecule has 2 N–H and O–H groups in total. The number of hydrogen-bond donors (Lipinski definition) is 1. The fraction of sp³-hybridized carbons (Fsp3) is 0.310. The maximum Gasteiger partial charge on any atom is 0.153 e. The molecule has 7 nitrogen and oxygen atoms in total. The van der Waals surface area contributed by atoms with Crippen LogP contribution in [-0.2, 0) is 9.47 Å². The predicted molar refractivity (Wildman–Crippen MR) is 150 cm³/mol. The van der Waals surface area contributed by atoms with Crippen LogP contribution in [0.1, 0.15) is 30.5 Å². The Balaban J connectivity index is 2.28. The molecule has 198 valence electrons. The highest BCUT2D eigenvalue weighted by Gasteiger charge is 2.29. The molecule has 9 heteroatoms. The predicted octanol–water partition coefficient (Wildman–Crippen LogP) is 6.45. The van der Waals surface area contributed by atoms with Gasteiger partial charge in [-0.3, -0.25) is 0 Å². The summed E-state index contributed by atoms with van der Waals surface area (Å²) in [6, 6.07) is 19.8. The summed E-state index contributed by atoms with van der Waals surface area (Å²) >= 11 is 2.84. The number of nitrogen functional groups attached to an aromatic ring is 1. The Bertz CT molecular complexity index is 1220. The standard InChI is InChI=1S/C29H31N3O4S2/c1-4-33-14-16-35-26-21(18-30)22(19-31)27(36-17-15-34-5-2)29(38-25-13-9-7-11-23(25)32)28(26)37-24-12-8-6-10-20(24)3/h6-13H,4-5,14-17,32H2,1-3H3. The van der Waals surface area contributed by atoms with E-state index >= 15 is 0 Å². The van der Waals surface area contributed by atoms with Gasteiger partial charge < -0.3 is 24.7 Å². The lowest BCUT2D eigenvalue weighted by molar-refractivity contribution is 0.106. The molecule has 0 heterocycles. The van der Waals surface area contributed by atoms with Crippen LogP contribution >= 0.6 is 23.5 Å². The van der Waals surface area contributed by atoms with Crippen LogP contribution in [0, 0.1) is 29.6 Å². The third-order valence-corrected chi connectivity index (χ3v) is 7.93. The fourth-order valence-electron chi connectivity index (χ4n) is 3.49. The minimum absolute atomic E-state index is 0.113. The first-order chi connectivity index (χ1) is 18.5. The quantitative estimate of drug-likeness (QED) is 0.179. The van der Waals surface area contributed by atoms with Crippen LogP contribution in [0.25, 0.3) is 0 Å². The van der Waals surface area contributed by atoms with E-state index in [1.165, 1.54) is 23.5 Å². The Hall–Kier alpha value is -3.34. The van der Waals surface area contributed by atoms with E-state index in [-0.39, 0.29) is 24.3 Å². The van der Waals surface area contributed by atoms with Crippen molar-refractivity contribution in [3.8, 4) is 23.6 Å². The van der Waals surface area contributed by atoms with Gasteiger partial charge >= 0.3 is 0 Å². The van der Waals surface area contributed by atoms with Crippen LogP contribution < -0.4 is 15.2 Å². The van der Waals surface area contributed by atoms with E-state index < -0.39 is 0 Å². The highest BCUT2D eigenvalue weighted by atomic mass is 32.2. The lowest BCUT2D eigenvalue weighted by Crippen LogP contribution is -2.12. The molecule has 0 atom stereocenters. The number of nitriles is 2. The first-order valence-electron chi connectivity index (χ1n) is 12.3. The molecule has 0 spiro atoms. The van der Waals surface area contributed by atoms with Gasteiger partial charge in [-0.25, -0.2) is 0 Å². The fourth-order valence-corrected chi connectivity index (χ4v) is 5.77. The molecular formula is C29H31N3O4S2. The van der Waals surface area contributed by atoms with E-state index in [0.29, 0.717) is 53.4 Å². The summed E-state index contributed by atoms with van der Waals surface area (Å²) in [5.41, 5.74) is 8.20. The van der Waals surface area contributed by atoms with Gasteiger partial charge in [-0.15, -0.1) is 0 Å². The number of ether oxygens (including phenoxy) is 4. The molecule has 0 radical (unpaired) electrons. The Kier molecular flexibility index (Phi) is 11.7. The van der Waals surface area contributed by atoms with E-state index in [2.05, 4.69) is 12.1 Å². The van der Waals surface area contributed by atoms with Crippen molar-refractivity contribution in [2.75, 3.05) is 45.4 Å². The molecule has 0 saturated heterocycles. The first-order valence-corrected chi connectivity index (χ1v) is 13.9. The molecule has 0 amide bonds. The van der Waals surface area contributed by atoms with Crippen molar-refractivity contribution in [3.63, 3.8) is 0 Å². The monoisotopic (exact) mass is 549 g/mol. The van der Waals surface area contributed by atoms with Crippen LogP contribution in [0.3, 0.4) is 0 Å². The number of benzene rings is 3. The molecule has 0 bridgehead atoms. The average Bonchev–Trinajstić information content (AvgIpc) is 2.93. The van der Waals surface area contributed by atoms with Gasteiger partial charge in [-0.1, -0.05) is 53.9 Å². The molecule has 0 unspecified atom stereocenters. The summed E-state index contributed by atoms with van der Waals surface area (Å²) < 4.78 is 23.3.